The highest BCUT2D eigenvalue weighted by Gasteiger charge is 2.29. The van der Waals surface area contributed by atoms with Gasteiger partial charge in [0.1, 0.15) is 13.1 Å². The topological polar surface area (TPSA) is 70.2 Å². The van der Waals surface area contributed by atoms with Crippen molar-refractivity contribution in [3.8, 4) is 0 Å². The standard InChI is InChI=1S/C13H13F6N3O2/c14-12(15,16)6-21-10(23)5-20-9-4-2-1-3-8(9)11(24)22-7-13(17,18)19/h1-4,20H,5-7H2,(H,21,23)(H,22,24). The molecule has 2 amide bonds. The number of nitrogens with one attached hydrogen (secondary N) is 3. The molecule has 0 aliphatic heterocycles. The minimum absolute atomic E-state index is 0.0133. The molecular formula is C13H13F6N3O2. The number of carbonyl (C=O) groups excluding carboxylic acids is 2. The maximum Gasteiger partial charge on any atom is 0.405 e. The van der Waals surface area contributed by atoms with Crippen LogP contribution in [0.1, 0.15) is 10.4 Å². The summed E-state index contributed by atoms with van der Waals surface area (Å²) in [5.74, 6) is -2.02. The summed E-state index contributed by atoms with van der Waals surface area (Å²) >= 11 is 0. The Kier molecular flexibility index (Phi) is 6.43. The number of carbonyl (C=O) groups is 2. The lowest BCUT2D eigenvalue weighted by molar-refractivity contribution is -0.137. The molecule has 11 heteroatoms. The number of rotatable bonds is 6. The van der Waals surface area contributed by atoms with E-state index in [-0.39, 0.29) is 11.3 Å². The number of amides is 2. The molecule has 0 spiro atoms. The maximum atomic E-state index is 12.1. The second-order valence-corrected chi connectivity index (χ2v) is 4.59. The summed E-state index contributed by atoms with van der Waals surface area (Å²) in [6.07, 6.45) is -9.15. The molecule has 0 unspecified atom stereocenters. The van der Waals surface area contributed by atoms with Gasteiger partial charge in [-0.1, -0.05) is 12.1 Å². The third-order valence-corrected chi connectivity index (χ3v) is 2.55. The van der Waals surface area contributed by atoms with Gasteiger partial charge >= 0.3 is 12.4 Å². The minimum atomic E-state index is -4.59. The monoisotopic (exact) mass is 357 g/mol. The van der Waals surface area contributed by atoms with Gasteiger partial charge in [-0.15, -0.1) is 0 Å². The Morgan fingerprint density at radius 1 is 0.875 bits per heavy atom. The Morgan fingerprint density at radius 2 is 1.42 bits per heavy atom. The first-order valence-electron chi connectivity index (χ1n) is 6.49. The summed E-state index contributed by atoms with van der Waals surface area (Å²) in [6, 6.07) is 5.34. The molecule has 24 heavy (non-hydrogen) atoms. The van der Waals surface area contributed by atoms with Gasteiger partial charge in [-0.05, 0) is 12.1 Å². The molecule has 0 aromatic heterocycles. The van der Waals surface area contributed by atoms with Crippen LogP contribution in [-0.4, -0.2) is 43.8 Å². The highest BCUT2D eigenvalue weighted by molar-refractivity contribution is 6.00. The predicted octanol–water partition coefficient (Wildman–Crippen LogP) is 2.07. The van der Waals surface area contributed by atoms with E-state index in [0.29, 0.717) is 0 Å². The molecule has 0 aliphatic carbocycles. The van der Waals surface area contributed by atoms with Crippen molar-refractivity contribution in [3.05, 3.63) is 29.8 Å². The zero-order valence-corrected chi connectivity index (χ0v) is 12.0. The Morgan fingerprint density at radius 3 is 2.00 bits per heavy atom. The normalized spacial score (nSPS) is 11.8. The van der Waals surface area contributed by atoms with E-state index in [2.05, 4.69) is 5.32 Å². The van der Waals surface area contributed by atoms with Crippen LogP contribution < -0.4 is 16.0 Å². The van der Waals surface area contributed by atoms with Gasteiger partial charge in [0.05, 0.1) is 12.1 Å². The molecule has 0 radical (unpaired) electrons. The van der Waals surface area contributed by atoms with Gasteiger partial charge in [0.15, 0.2) is 0 Å². The van der Waals surface area contributed by atoms with Crippen LogP contribution in [0.15, 0.2) is 24.3 Å². The first-order valence-corrected chi connectivity index (χ1v) is 6.49. The highest BCUT2D eigenvalue weighted by Crippen LogP contribution is 2.17. The Hall–Kier alpha value is -2.46. The average molecular weight is 357 g/mol. The summed E-state index contributed by atoms with van der Waals surface area (Å²) < 4.78 is 72.1. The zero-order valence-electron chi connectivity index (χ0n) is 12.0. The quantitative estimate of drug-likeness (QED) is 0.683. The Balaban J connectivity index is 2.63. The van der Waals surface area contributed by atoms with Crippen molar-refractivity contribution in [2.45, 2.75) is 12.4 Å². The van der Waals surface area contributed by atoms with E-state index in [0.717, 1.165) is 0 Å². The van der Waals surface area contributed by atoms with E-state index in [4.69, 9.17) is 0 Å². The van der Waals surface area contributed by atoms with E-state index in [1.165, 1.54) is 24.3 Å². The SMILES string of the molecule is O=C(CNc1ccccc1C(=O)NCC(F)(F)F)NCC(F)(F)F. The molecule has 1 aromatic carbocycles. The van der Waals surface area contributed by atoms with Crippen molar-refractivity contribution in [1.82, 2.24) is 10.6 Å². The maximum absolute atomic E-state index is 12.1. The predicted molar refractivity (Wildman–Crippen MR) is 72.4 cm³/mol. The smallest absolute Gasteiger partial charge is 0.376 e. The lowest BCUT2D eigenvalue weighted by Crippen LogP contribution is -2.37. The molecule has 3 N–H and O–H groups in total. The molecular weight excluding hydrogens is 344 g/mol. The van der Waals surface area contributed by atoms with Crippen LogP contribution in [0.5, 0.6) is 0 Å². The van der Waals surface area contributed by atoms with Gasteiger partial charge in [0.2, 0.25) is 5.91 Å². The molecule has 0 saturated carbocycles. The number of alkyl halides is 6. The van der Waals surface area contributed by atoms with E-state index in [9.17, 15) is 35.9 Å². The number of anilines is 1. The molecule has 0 aliphatic rings. The van der Waals surface area contributed by atoms with Crippen molar-refractivity contribution in [1.29, 1.82) is 0 Å². The van der Waals surface area contributed by atoms with E-state index in [1.54, 1.807) is 10.6 Å². The fourth-order valence-electron chi connectivity index (χ4n) is 1.55. The number of benzene rings is 1. The number of hydrogen-bond acceptors (Lipinski definition) is 3. The summed E-state index contributed by atoms with van der Waals surface area (Å²) in [7, 11) is 0. The molecule has 0 atom stereocenters. The number of halogens is 6. The number of para-hydroxylation sites is 1. The van der Waals surface area contributed by atoms with Gasteiger partial charge in [0, 0.05) is 5.69 Å². The van der Waals surface area contributed by atoms with Gasteiger partial charge in [0.25, 0.3) is 5.91 Å². The lowest BCUT2D eigenvalue weighted by Gasteiger charge is -2.13. The summed E-state index contributed by atoms with van der Waals surface area (Å²) in [6.45, 7) is -3.63. The van der Waals surface area contributed by atoms with Gasteiger partial charge < -0.3 is 16.0 Å². The zero-order chi connectivity index (χ0) is 18.4. The molecule has 134 valence electrons. The number of hydrogen-bond donors (Lipinski definition) is 3. The Labute approximate surface area is 132 Å². The lowest BCUT2D eigenvalue weighted by atomic mass is 10.1. The molecule has 1 rings (SSSR count). The summed E-state index contributed by atoms with van der Waals surface area (Å²) in [4.78, 5) is 23.0. The van der Waals surface area contributed by atoms with Crippen LogP contribution in [0.2, 0.25) is 0 Å². The highest BCUT2D eigenvalue weighted by atomic mass is 19.4. The molecule has 0 fully saturated rings. The van der Waals surface area contributed by atoms with Crippen molar-refractivity contribution in [2.24, 2.45) is 0 Å². The van der Waals surface area contributed by atoms with E-state index < -0.39 is 43.8 Å². The second kappa shape index (κ2) is 7.88. The van der Waals surface area contributed by atoms with Crippen LogP contribution in [-0.2, 0) is 4.79 Å². The molecule has 5 nitrogen and oxygen atoms in total. The second-order valence-electron chi connectivity index (χ2n) is 4.59. The first kappa shape index (κ1) is 19.6. The fourth-order valence-corrected chi connectivity index (χ4v) is 1.55. The van der Waals surface area contributed by atoms with Gasteiger partial charge in [-0.25, -0.2) is 0 Å². The van der Waals surface area contributed by atoms with Crippen molar-refractivity contribution < 1.29 is 35.9 Å². The van der Waals surface area contributed by atoms with Gasteiger partial charge in [-0.2, -0.15) is 26.3 Å². The molecule has 0 saturated heterocycles. The third-order valence-electron chi connectivity index (χ3n) is 2.55. The largest absolute Gasteiger partial charge is 0.405 e. The van der Waals surface area contributed by atoms with Crippen LogP contribution >= 0.6 is 0 Å². The fraction of sp³-hybridized carbons (Fsp3) is 0.385. The summed E-state index contributed by atoms with van der Waals surface area (Å²) in [5, 5.41) is 5.68. The van der Waals surface area contributed by atoms with E-state index in [1.807, 2.05) is 0 Å². The minimum Gasteiger partial charge on any atom is -0.376 e. The van der Waals surface area contributed by atoms with Crippen molar-refractivity contribution >= 4 is 17.5 Å². The van der Waals surface area contributed by atoms with Gasteiger partial charge in [-0.3, -0.25) is 9.59 Å². The van der Waals surface area contributed by atoms with Crippen LogP contribution in [0.25, 0.3) is 0 Å². The van der Waals surface area contributed by atoms with Crippen molar-refractivity contribution in [2.75, 3.05) is 25.0 Å². The van der Waals surface area contributed by atoms with E-state index >= 15 is 0 Å². The molecule has 0 bridgehead atoms. The Bertz CT molecular complexity index is 586. The van der Waals surface area contributed by atoms with Crippen LogP contribution in [0, 0.1) is 0 Å². The molecule has 1 aromatic rings. The molecule has 0 heterocycles. The van der Waals surface area contributed by atoms with Crippen LogP contribution in [0.4, 0.5) is 32.0 Å². The third kappa shape index (κ3) is 7.70. The van der Waals surface area contributed by atoms with Crippen LogP contribution in [0.3, 0.4) is 0 Å². The first-order chi connectivity index (χ1) is 11.0. The van der Waals surface area contributed by atoms with Crippen molar-refractivity contribution in [3.63, 3.8) is 0 Å². The summed E-state index contributed by atoms with van der Waals surface area (Å²) in [5.41, 5.74) is -0.162. The average Bonchev–Trinajstić information content (AvgIpc) is 2.47.